The van der Waals surface area contributed by atoms with E-state index in [2.05, 4.69) is 15.9 Å². The predicted molar refractivity (Wildman–Crippen MR) is 75.8 cm³/mol. The molecule has 88 valence electrons. The summed E-state index contributed by atoms with van der Waals surface area (Å²) in [5.41, 5.74) is 8.07. The number of carbonyl (C=O) groups excluding carboxylic acids is 1. The second-order valence-electron chi connectivity index (χ2n) is 3.93. The van der Waals surface area contributed by atoms with Crippen molar-refractivity contribution in [3.8, 4) is 0 Å². The van der Waals surface area contributed by atoms with Crippen LogP contribution in [0.25, 0.3) is 0 Å². The molecule has 1 aromatic carbocycles. The van der Waals surface area contributed by atoms with Crippen LogP contribution in [0.4, 0.5) is 5.69 Å². The average molecular weight is 310 g/mol. The molecule has 0 radical (unpaired) electrons. The number of halogens is 1. The monoisotopic (exact) mass is 309 g/mol. The summed E-state index contributed by atoms with van der Waals surface area (Å²) in [7, 11) is 0. The van der Waals surface area contributed by atoms with Gasteiger partial charge in [-0.25, -0.2) is 0 Å². The molecule has 1 heterocycles. The fourth-order valence-corrected chi connectivity index (χ4v) is 3.37. The molecule has 0 atom stereocenters. The van der Waals surface area contributed by atoms with Crippen molar-refractivity contribution in [2.75, 3.05) is 5.73 Å². The summed E-state index contributed by atoms with van der Waals surface area (Å²) < 4.78 is 0.861. The molecular formula is C13H12BrNOS. The quantitative estimate of drug-likeness (QED) is 0.674. The van der Waals surface area contributed by atoms with Crippen LogP contribution in [0.3, 0.4) is 0 Å². The van der Waals surface area contributed by atoms with Gasteiger partial charge in [0.05, 0.1) is 4.88 Å². The van der Waals surface area contributed by atoms with E-state index in [0.717, 1.165) is 19.8 Å². The first-order valence-corrected chi connectivity index (χ1v) is 6.76. The maximum absolute atomic E-state index is 12.3. The fraction of sp³-hybridized carbons (Fsp3) is 0.154. The van der Waals surface area contributed by atoms with Gasteiger partial charge in [0, 0.05) is 20.6 Å². The topological polar surface area (TPSA) is 43.1 Å². The van der Waals surface area contributed by atoms with Crippen LogP contribution in [0.2, 0.25) is 0 Å². The highest BCUT2D eigenvalue weighted by atomic mass is 79.9. The predicted octanol–water partition coefficient (Wildman–Crippen LogP) is 3.94. The number of thiophene rings is 1. The van der Waals surface area contributed by atoms with Gasteiger partial charge in [-0.1, -0.05) is 0 Å². The van der Waals surface area contributed by atoms with E-state index < -0.39 is 0 Å². The van der Waals surface area contributed by atoms with Crippen molar-refractivity contribution < 1.29 is 4.79 Å². The second-order valence-corrected chi connectivity index (χ2v) is 6.05. The van der Waals surface area contributed by atoms with E-state index in [9.17, 15) is 4.79 Å². The van der Waals surface area contributed by atoms with Crippen molar-refractivity contribution in [1.29, 1.82) is 0 Å². The number of hydrogen-bond donors (Lipinski definition) is 1. The van der Waals surface area contributed by atoms with Crippen LogP contribution in [0.15, 0.2) is 28.7 Å². The molecule has 2 nitrogen and oxygen atoms in total. The lowest BCUT2D eigenvalue weighted by molar-refractivity contribution is 0.104. The van der Waals surface area contributed by atoms with Gasteiger partial charge in [-0.05, 0) is 59.6 Å². The Labute approximate surface area is 113 Å². The summed E-state index contributed by atoms with van der Waals surface area (Å²) >= 11 is 4.91. The molecule has 2 rings (SSSR count). The molecule has 0 bridgehead atoms. The summed E-state index contributed by atoms with van der Waals surface area (Å²) in [6.07, 6.45) is 0. The molecule has 1 aromatic heterocycles. The second kappa shape index (κ2) is 4.63. The van der Waals surface area contributed by atoms with E-state index in [1.165, 1.54) is 11.3 Å². The Morgan fingerprint density at radius 2 is 2.00 bits per heavy atom. The van der Waals surface area contributed by atoms with Crippen molar-refractivity contribution in [1.82, 2.24) is 0 Å². The Hall–Kier alpha value is -1.13. The Kier molecular flexibility index (Phi) is 3.35. The zero-order valence-electron chi connectivity index (χ0n) is 9.58. The lowest BCUT2D eigenvalue weighted by Crippen LogP contribution is -2.01. The maximum atomic E-state index is 12.3. The number of rotatable bonds is 2. The first-order valence-electron chi connectivity index (χ1n) is 5.16. The van der Waals surface area contributed by atoms with Crippen LogP contribution < -0.4 is 5.73 Å². The summed E-state index contributed by atoms with van der Waals surface area (Å²) in [6, 6.07) is 7.34. The van der Waals surface area contributed by atoms with Crippen LogP contribution in [-0.2, 0) is 0 Å². The number of aryl methyl sites for hydroxylation is 2. The van der Waals surface area contributed by atoms with Crippen molar-refractivity contribution in [3.63, 3.8) is 0 Å². The van der Waals surface area contributed by atoms with Crippen LogP contribution >= 0.6 is 27.3 Å². The molecule has 0 aliphatic rings. The van der Waals surface area contributed by atoms with Crippen LogP contribution in [0, 0.1) is 13.8 Å². The molecule has 2 aromatic rings. The van der Waals surface area contributed by atoms with Gasteiger partial charge in [0.25, 0.3) is 0 Å². The zero-order chi connectivity index (χ0) is 12.6. The maximum Gasteiger partial charge on any atom is 0.204 e. The number of nitrogens with two attached hydrogens (primary N) is 1. The van der Waals surface area contributed by atoms with Crippen molar-refractivity contribution in [3.05, 3.63) is 49.6 Å². The Balaban J connectivity index is 2.44. The minimum absolute atomic E-state index is 0.0399. The van der Waals surface area contributed by atoms with Gasteiger partial charge >= 0.3 is 0 Å². The van der Waals surface area contributed by atoms with Gasteiger partial charge in [0.1, 0.15) is 0 Å². The molecule has 0 aliphatic heterocycles. The lowest BCUT2D eigenvalue weighted by Gasteiger charge is -2.03. The Morgan fingerprint density at radius 1 is 1.29 bits per heavy atom. The SMILES string of the molecule is Cc1cc(Br)c(C(=O)c2ccc(N)c(C)c2)s1. The molecule has 0 saturated heterocycles. The molecule has 0 aliphatic carbocycles. The van der Waals surface area contributed by atoms with E-state index in [0.29, 0.717) is 11.3 Å². The summed E-state index contributed by atoms with van der Waals surface area (Å²) in [6.45, 7) is 3.89. The van der Waals surface area contributed by atoms with Crippen LogP contribution in [0.5, 0.6) is 0 Å². The number of benzene rings is 1. The third-order valence-electron chi connectivity index (χ3n) is 2.55. The summed E-state index contributed by atoms with van der Waals surface area (Å²) in [4.78, 5) is 14.1. The third kappa shape index (κ3) is 2.42. The van der Waals surface area contributed by atoms with Gasteiger partial charge < -0.3 is 5.73 Å². The number of carbonyl (C=O) groups is 1. The normalized spacial score (nSPS) is 10.5. The highest BCUT2D eigenvalue weighted by Crippen LogP contribution is 2.29. The van der Waals surface area contributed by atoms with E-state index in [-0.39, 0.29) is 5.78 Å². The minimum Gasteiger partial charge on any atom is -0.399 e. The van der Waals surface area contributed by atoms with E-state index in [1.807, 2.05) is 26.0 Å². The minimum atomic E-state index is 0.0399. The largest absolute Gasteiger partial charge is 0.399 e. The molecule has 0 spiro atoms. The summed E-state index contributed by atoms with van der Waals surface area (Å²) in [5.74, 6) is 0.0399. The van der Waals surface area contributed by atoms with Crippen LogP contribution in [-0.4, -0.2) is 5.78 Å². The highest BCUT2D eigenvalue weighted by molar-refractivity contribution is 9.10. The van der Waals surface area contributed by atoms with E-state index >= 15 is 0 Å². The molecule has 4 heteroatoms. The zero-order valence-corrected chi connectivity index (χ0v) is 12.0. The van der Waals surface area contributed by atoms with Gasteiger partial charge in [0.2, 0.25) is 5.78 Å². The molecule has 2 N–H and O–H groups in total. The van der Waals surface area contributed by atoms with E-state index in [4.69, 9.17) is 5.73 Å². The summed E-state index contributed by atoms with van der Waals surface area (Å²) in [5, 5.41) is 0. The molecule has 0 amide bonds. The molecule has 0 saturated carbocycles. The number of ketones is 1. The standard InChI is InChI=1S/C13H12BrNOS/c1-7-5-9(3-4-11(7)15)12(16)13-10(14)6-8(2)17-13/h3-6H,15H2,1-2H3. The molecule has 0 fully saturated rings. The fourth-order valence-electron chi connectivity index (χ4n) is 1.59. The Bertz CT molecular complexity index is 589. The molecular weight excluding hydrogens is 298 g/mol. The van der Waals surface area contributed by atoms with Crippen molar-refractivity contribution >= 4 is 38.7 Å². The molecule has 0 unspecified atom stereocenters. The van der Waals surface area contributed by atoms with Gasteiger partial charge in [-0.2, -0.15) is 0 Å². The first kappa shape index (κ1) is 12.3. The molecule has 17 heavy (non-hydrogen) atoms. The van der Waals surface area contributed by atoms with Crippen molar-refractivity contribution in [2.45, 2.75) is 13.8 Å². The highest BCUT2D eigenvalue weighted by Gasteiger charge is 2.15. The smallest absolute Gasteiger partial charge is 0.204 e. The van der Waals surface area contributed by atoms with E-state index in [1.54, 1.807) is 12.1 Å². The van der Waals surface area contributed by atoms with Crippen LogP contribution in [0.1, 0.15) is 25.7 Å². The Morgan fingerprint density at radius 3 is 2.53 bits per heavy atom. The number of anilines is 1. The van der Waals surface area contributed by atoms with Gasteiger partial charge in [0.15, 0.2) is 0 Å². The third-order valence-corrected chi connectivity index (χ3v) is 4.49. The van der Waals surface area contributed by atoms with Crippen molar-refractivity contribution in [2.24, 2.45) is 0 Å². The van der Waals surface area contributed by atoms with Gasteiger partial charge in [-0.3, -0.25) is 4.79 Å². The first-order chi connectivity index (χ1) is 7.99. The van der Waals surface area contributed by atoms with Gasteiger partial charge in [-0.15, -0.1) is 11.3 Å². The number of nitrogen functional groups attached to an aromatic ring is 1. The number of hydrogen-bond acceptors (Lipinski definition) is 3. The lowest BCUT2D eigenvalue weighted by atomic mass is 10.1. The average Bonchev–Trinajstić information content (AvgIpc) is 2.61.